The molecule has 1 unspecified atom stereocenters. The summed E-state index contributed by atoms with van der Waals surface area (Å²) in [5, 5.41) is 3.31. The molecule has 2 aromatic carbocycles. The van der Waals surface area contributed by atoms with Gasteiger partial charge in [-0.15, -0.1) is 0 Å². The summed E-state index contributed by atoms with van der Waals surface area (Å²) in [6, 6.07) is 11.6. The molecule has 1 saturated heterocycles. The lowest BCUT2D eigenvalue weighted by Crippen LogP contribution is -2.09. The predicted octanol–water partition coefficient (Wildman–Crippen LogP) is 5.24. The number of aryl methyl sites for hydroxylation is 1. The van der Waals surface area contributed by atoms with Crippen LogP contribution in [0.1, 0.15) is 41.3 Å². The van der Waals surface area contributed by atoms with E-state index < -0.39 is 0 Å². The topological polar surface area (TPSA) is 60.7 Å². The number of nitrogens with one attached hydrogen (secondary N) is 1. The van der Waals surface area contributed by atoms with Crippen molar-refractivity contribution in [2.24, 2.45) is 0 Å². The number of nitrogens with zero attached hydrogens (tertiary/aromatic N) is 3. The molecule has 1 N–H and O–H groups in total. The van der Waals surface area contributed by atoms with Gasteiger partial charge in [-0.25, -0.2) is 14.4 Å². The van der Waals surface area contributed by atoms with Gasteiger partial charge in [-0.2, -0.15) is 0 Å². The highest BCUT2D eigenvalue weighted by Gasteiger charge is 2.21. The second-order valence-corrected chi connectivity index (χ2v) is 8.65. The summed E-state index contributed by atoms with van der Waals surface area (Å²) in [5.41, 5.74) is 6.48. The molecule has 1 atom stereocenters. The lowest BCUT2D eigenvalue weighted by atomic mass is 10.0. The quantitative estimate of drug-likeness (QED) is 0.456. The number of halogens is 1. The van der Waals surface area contributed by atoms with Crippen molar-refractivity contribution in [1.82, 2.24) is 14.4 Å². The molecule has 4 heterocycles. The van der Waals surface area contributed by atoms with E-state index in [9.17, 15) is 4.39 Å². The molecule has 4 aromatic rings. The third-order valence-electron chi connectivity index (χ3n) is 6.50. The summed E-state index contributed by atoms with van der Waals surface area (Å²) in [6.07, 6.45) is 6.88. The largest absolute Gasteiger partial charge is 0.493 e. The van der Waals surface area contributed by atoms with Crippen molar-refractivity contribution in [3.8, 4) is 16.9 Å². The maximum Gasteiger partial charge on any atom is 0.208 e. The van der Waals surface area contributed by atoms with Gasteiger partial charge in [0, 0.05) is 48.7 Å². The molecule has 0 saturated carbocycles. The second kappa shape index (κ2) is 8.15. The zero-order chi connectivity index (χ0) is 22.4. The van der Waals surface area contributed by atoms with Crippen LogP contribution in [0.15, 0.2) is 48.8 Å². The Bertz CT molecular complexity index is 1330. The molecule has 6 rings (SSSR count). The molecule has 2 aliphatic rings. The summed E-state index contributed by atoms with van der Waals surface area (Å²) < 4.78 is 27.9. The monoisotopic (exact) mass is 444 g/mol. The SMILES string of the molecule is Cc1cn2c(NCc3c(F)ccc4c3CCO4)ncc(-c3ccc(C4CCCO4)cc3)c2n1. The molecule has 168 valence electrons. The smallest absolute Gasteiger partial charge is 0.208 e. The molecule has 7 heteroatoms. The maximum atomic E-state index is 14.6. The lowest BCUT2D eigenvalue weighted by molar-refractivity contribution is 0.112. The molecule has 0 aliphatic carbocycles. The first-order valence-corrected chi connectivity index (χ1v) is 11.4. The molecule has 2 aromatic heterocycles. The van der Waals surface area contributed by atoms with E-state index in [1.165, 1.54) is 11.6 Å². The third kappa shape index (κ3) is 3.62. The summed E-state index contributed by atoms with van der Waals surface area (Å²) in [7, 11) is 0. The molecule has 0 radical (unpaired) electrons. The summed E-state index contributed by atoms with van der Waals surface area (Å²) in [6.45, 7) is 3.71. The van der Waals surface area contributed by atoms with Gasteiger partial charge < -0.3 is 14.8 Å². The highest BCUT2D eigenvalue weighted by Crippen LogP contribution is 2.33. The van der Waals surface area contributed by atoms with Crippen LogP contribution in [-0.4, -0.2) is 27.6 Å². The number of aromatic nitrogens is 3. The second-order valence-electron chi connectivity index (χ2n) is 8.65. The highest BCUT2D eigenvalue weighted by molar-refractivity contribution is 5.78. The molecule has 1 fully saturated rings. The fourth-order valence-corrected chi connectivity index (χ4v) is 4.82. The van der Waals surface area contributed by atoms with Gasteiger partial charge in [-0.3, -0.25) is 4.40 Å². The van der Waals surface area contributed by atoms with E-state index in [1.807, 2.05) is 23.7 Å². The Hall–Kier alpha value is -3.45. The van der Waals surface area contributed by atoms with Gasteiger partial charge in [0.25, 0.3) is 0 Å². The normalized spacial score (nSPS) is 17.3. The van der Waals surface area contributed by atoms with Crippen LogP contribution in [-0.2, 0) is 17.7 Å². The number of hydrogen-bond donors (Lipinski definition) is 1. The van der Waals surface area contributed by atoms with Gasteiger partial charge in [0.1, 0.15) is 17.2 Å². The van der Waals surface area contributed by atoms with Crippen LogP contribution in [0.25, 0.3) is 16.8 Å². The summed E-state index contributed by atoms with van der Waals surface area (Å²) in [5.74, 6) is 1.17. The highest BCUT2D eigenvalue weighted by atomic mass is 19.1. The van der Waals surface area contributed by atoms with E-state index in [2.05, 4.69) is 34.6 Å². The van der Waals surface area contributed by atoms with Crippen molar-refractivity contribution in [3.05, 3.63) is 77.0 Å². The minimum atomic E-state index is -0.229. The molecule has 0 bridgehead atoms. The number of fused-ring (bicyclic) bond motifs is 2. The number of ether oxygens (including phenoxy) is 2. The average molecular weight is 445 g/mol. The molecule has 2 aliphatic heterocycles. The number of rotatable bonds is 5. The molecule has 6 nitrogen and oxygen atoms in total. The van der Waals surface area contributed by atoms with Gasteiger partial charge >= 0.3 is 0 Å². The van der Waals surface area contributed by atoms with Crippen molar-refractivity contribution >= 4 is 11.6 Å². The van der Waals surface area contributed by atoms with Crippen molar-refractivity contribution in [1.29, 1.82) is 0 Å². The first-order chi connectivity index (χ1) is 16.2. The fraction of sp³-hybridized carbons (Fsp3) is 0.308. The molecular formula is C26H25FN4O2. The minimum Gasteiger partial charge on any atom is -0.493 e. The Morgan fingerprint density at radius 3 is 2.85 bits per heavy atom. The molecule has 0 amide bonds. The predicted molar refractivity (Wildman–Crippen MR) is 124 cm³/mol. The van der Waals surface area contributed by atoms with E-state index >= 15 is 0 Å². The Kier molecular flexibility index (Phi) is 4.99. The Balaban J connectivity index is 1.31. The Morgan fingerprint density at radius 1 is 1.15 bits per heavy atom. The van der Waals surface area contributed by atoms with Gasteiger partial charge in [0.2, 0.25) is 5.95 Å². The van der Waals surface area contributed by atoms with Crippen LogP contribution in [0.3, 0.4) is 0 Å². The molecular weight excluding hydrogens is 419 g/mol. The van der Waals surface area contributed by atoms with Crippen LogP contribution in [0.4, 0.5) is 10.3 Å². The van der Waals surface area contributed by atoms with Gasteiger partial charge in [0.15, 0.2) is 0 Å². The van der Waals surface area contributed by atoms with Crippen molar-refractivity contribution in [3.63, 3.8) is 0 Å². The first kappa shape index (κ1) is 20.2. The average Bonchev–Trinajstić information content (AvgIpc) is 3.59. The van der Waals surface area contributed by atoms with E-state index in [0.717, 1.165) is 59.7 Å². The zero-order valence-electron chi connectivity index (χ0n) is 18.5. The van der Waals surface area contributed by atoms with E-state index in [-0.39, 0.29) is 11.9 Å². The van der Waals surface area contributed by atoms with Gasteiger partial charge in [-0.05, 0) is 43.0 Å². The van der Waals surface area contributed by atoms with Crippen LogP contribution in [0.5, 0.6) is 5.75 Å². The maximum absolute atomic E-state index is 14.6. The minimum absolute atomic E-state index is 0.197. The molecule has 33 heavy (non-hydrogen) atoms. The fourth-order valence-electron chi connectivity index (χ4n) is 4.82. The van der Waals surface area contributed by atoms with Crippen molar-refractivity contribution < 1.29 is 13.9 Å². The van der Waals surface area contributed by atoms with Crippen LogP contribution >= 0.6 is 0 Å². The van der Waals surface area contributed by atoms with Crippen LogP contribution < -0.4 is 10.1 Å². The van der Waals surface area contributed by atoms with Crippen LogP contribution in [0.2, 0.25) is 0 Å². The van der Waals surface area contributed by atoms with Crippen LogP contribution in [0, 0.1) is 12.7 Å². The van der Waals surface area contributed by atoms with E-state index in [4.69, 9.17) is 14.5 Å². The van der Waals surface area contributed by atoms with Crippen molar-refractivity contribution in [2.75, 3.05) is 18.5 Å². The van der Waals surface area contributed by atoms with E-state index in [0.29, 0.717) is 24.7 Å². The Labute approximate surface area is 191 Å². The standard InChI is InChI=1S/C26H25FN4O2/c1-16-15-31-25(30-16)20(17-4-6-18(7-5-17)23-3-2-11-32-23)13-28-26(31)29-14-21-19-10-12-33-24(19)9-8-22(21)27/h4-9,13,15,23H,2-3,10-12,14H2,1H3,(H,28,29). The van der Waals surface area contributed by atoms with E-state index in [1.54, 1.807) is 6.07 Å². The summed E-state index contributed by atoms with van der Waals surface area (Å²) in [4.78, 5) is 9.41. The van der Waals surface area contributed by atoms with Gasteiger partial charge in [-0.1, -0.05) is 24.3 Å². The van der Waals surface area contributed by atoms with Crippen molar-refractivity contribution in [2.45, 2.75) is 38.8 Å². The summed E-state index contributed by atoms with van der Waals surface area (Å²) >= 11 is 0. The number of anilines is 1. The Morgan fingerprint density at radius 2 is 2.03 bits per heavy atom. The third-order valence-corrected chi connectivity index (χ3v) is 6.50. The number of benzene rings is 2. The number of hydrogen-bond acceptors (Lipinski definition) is 5. The zero-order valence-corrected chi connectivity index (χ0v) is 18.5. The number of imidazole rings is 1. The lowest BCUT2D eigenvalue weighted by Gasteiger charge is -2.14. The first-order valence-electron chi connectivity index (χ1n) is 11.4. The molecule has 0 spiro atoms. The van der Waals surface area contributed by atoms with Gasteiger partial charge in [0.05, 0.1) is 18.4 Å².